The lowest BCUT2D eigenvalue weighted by Gasteiger charge is -2.03. The summed E-state index contributed by atoms with van der Waals surface area (Å²) in [5.74, 6) is 1.37. The Hall–Kier alpha value is -1.78. The summed E-state index contributed by atoms with van der Waals surface area (Å²) in [4.78, 5) is 4.28. The number of aromatic nitrogens is 1. The summed E-state index contributed by atoms with van der Waals surface area (Å²) in [6, 6.07) is 15.4. The second-order valence-electron chi connectivity index (χ2n) is 4.49. The van der Waals surface area contributed by atoms with Crippen molar-refractivity contribution in [2.75, 3.05) is 5.32 Å². The quantitative estimate of drug-likeness (QED) is 0.677. The van der Waals surface area contributed by atoms with E-state index in [0.717, 1.165) is 21.5 Å². The molecule has 0 aliphatic rings. The van der Waals surface area contributed by atoms with Crippen LogP contribution in [0.3, 0.4) is 0 Å². The van der Waals surface area contributed by atoms with Crippen LogP contribution in [-0.2, 0) is 6.54 Å². The Bertz CT molecular complexity index is 740. The van der Waals surface area contributed by atoms with Gasteiger partial charge < -0.3 is 9.73 Å². The number of anilines is 1. The van der Waals surface area contributed by atoms with Gasteiger partial charge in [0.15, 0.2) is 5.76 Å². The minimum atomic E-state index is 0.532. The van der Waals surface area contributed by atoms with Crippen LogP contribution >= 0.6 is 27.5 Å². The van der Waals surface area contributed by atoms with Crippen molar-refractivity contribution in [1.29, 1.82) is 0 Å². The molecule has 2 aromatic carbocycles. The Morgan fingerprint density at radius 1 is 1.14 bits per heavy atom. The Kier molecular flexibility index (Phi) is 4.27. The first-order chi connectivity index (χ1) is 10.2. The van der Waals surface area contributed by atoms with Crippen LogP contribution in [0, 0.1) is 0 Å². The average molecular weight is 364 g/mol. The van der Waals surface area contributed by atoms with E-state index < -0.39 is 0 Å². The molecule has 3 aromatic rings. The van der Waals surface area contributed by atoms with Gasteiger partial charge in [0.25, 0.3) is 0 Å². The van der Waals surface area contributed by atoms with Crippen molar-refractivity contribution in [3.63, 3.8) is 0 Å². The zero-order valence-corrected chi connectivity index (χ0v) is 13.4. The number of halogens is 2. The molecule has 0 bridgehead atoms. The average Bonchev–Trinajstić information content (AvgIpc) is 2.95. The van der Waals surface area contributed by atoms with Crippen LogP contribution in [0.4, 0.5) is 5.69 Å². The van der Waals surface area contributed by atoms with Crippen molar-refractivity contribution in [3.8, 4) is 11.3 Å². The molecule has 1 aromatic heterocycles. The smallest absolute Gasteiger partial charge is 0.214 e. The molecule has 21 heavy (non-hydrogen) atoms. The summed E-state index contributed by atoms with van der Waals surface area (Å²) < 4.78 is 6.76. The molecule has 3 nitrogen and oxygen atoms in total. The second kappa shape index (κ2) is 6.33. The summed E-state index contributed by atoms with van der Waals surface area (Å²) in [5, 5.41) is 3.97. The molecule has 0 aliphatic carbocycles. The molecule has 0 atom stereocenters. The highest BCUT2D eigenvalue weighted by atomic mass is 79.9. The summed E-state index contributed by atoms with van der Waals surface area (Å²) >= 11 is 9.31. The van der Waals surface area contributed by atoms with Gasteiger partial charge in [-0.25, -0.2) is 4.98 Å². The first-order valence-electron chi connectivity index (χ1n) is 6.41. The van der Waals surface area contributed by atoms with E-state index in [9.17, 15) is 0 Å². The Balaban J connectivity index is 1.69. The molecule has 0 saturated heterocycles. The minimum Gasteiger partial charge on any atom is -0.439 e. The van der Waals surface area contributed by atoms with Crippen molar-refractivity contribution in [2.24, 2.45) is 0 Å². The largest absolute Gasteiger partial charge is 0.439 e. The van der Waals surface area contributed by atoms with Crippen LogP contribution in [-0.4, -0.2) is 4.98 Å². The molecule has 0 amide bonds. The van der Waals surface area contributed by atoms with E-state index in [1.165, 1.54) is 0 Å². The highest BCUT2D eigenvalue weighted by Crippen LogP contribution is 2.23. The maximum absolute atomic E-state index is 5.87. The third-order valence-electron chi connectivity index (χ3n) is 2.95. The van der Waals surface area contributed by atoms with E-state index in [4.69, 9.17) is 16.0 Å². The standard InChI is InChI=1S/C16H12BrClN2O/c17-12-2-1-3-14(8-12)19-10-16-20-9-15(21-16)11-4-6-13(18)7-5-11/h1-9,19H,10H2. The highest BCUT2D eigenvalue weighted by Gasteiger charge is 2.06. The van der Waals surface area contributed by atoms with E-state index in [0.29, 0.717) is 17.5 Å². The molecule has 0 spiro atoms. The van der Waals surface area contributed by atoms with E-state index in [1.54, 1.807) is 6.20 Å². The molecule has 0 unspecified atom stereocenters. The molecule has 5 heteroatoms. The third-order valence-corrected chi connectivity index (χ3v) is 3.70. The lowest BCUT2D eigenvalue weighted by atomic mass is 10.2. The van der Waals surface area contributed by atoms with Gasteiger partial charge in [-0.1, -0.05) is 33.6 Å². The molecular weight excluding hydrogens is 352 g/mol. The topological polar surface area (TPSA) is 38.1 Å². The first kappa shape index (κ1) is 14.2. The van der Waals surface area contributed by atoms with Gasteiger partial charge in [-0.05, 0) is 42.5 Å². The molecule has 0 radical (unpaired) electrons. The monoisotopic (exact) mass is 362 g/mol. The number of benzene rings is 2. The molecular formula is C16H12BrClN2O. The van der Waals surface area contributed by atoms with Gasteiger partial charge in [0.05, 0.1) is 12.7 Å². The molecule has 0 saturated carbocycles. The van der Waals surface area contributed by atoms with Crippen LogP contribution in [0.25, 0.3) is 11.3 Å². The first-order valence-corrected chi connectivity index (χ1v) is 7.58. The predicted molar refractivity (Wildman–Crippen MR) is 88.4 cm³/mol. The van der Waals surface area contributed by atoms with Crippen molar-refractivity contribution in [3.05, 3.63) is 70.1 Å². The van der Waals surface area contributed by atoms with Crippen LogP contribution in [0.1, 0.15) is 5.89 Å². The summed E-state index contributed by atoms with van der Waals surface area (Å²) in [7, 11) is 0. The maximum Gasteiger partial charge on any atom is 0.214 e. The summed E-state index contributed by atoms with van der Waals surface area (Å²) in [6.07, 6.45) is 1.72. The number of nitrogens with one attached hydrogen (secondary N) is 1. The van der Waals surface area contributed by atoms with Gasteiger partial charge in [0, 0.05) is 20.7 Å². The zero-order valence-electron chi connectivity index (χ0n) is 11.0. The van der Waals surface area contributed by atoms with E-state index in [-0.39, 0.29) is 0 Å². The number of hydrogen-bond donors (Lipinski definition) is 1. The zero-order chi connectivity index (χ0) is 14.7. The number of rotatable bonds is 4. The molecule has 106 valence electrons. The van der Waals surface area contributed by atoms with Crippen molar-refractivity contribution >= 4 is 33.2 Å². The van der Waals surface area contributed by atoms with E-state index >= 15 is 0 Å². The van der Waals surface area contributed by atoms with Crippen LogP contribution in [0.15, 0.2) is 63.6 Å². The van der Waals surface area contributed by atoms with Gasteiger partial charge in [0.1, 0.15) is 0 Å². The summed E-state index contributed by atoms with van der Waals surface area (Å²) in [5.41, 5.74) is 1.97. The normalized spacial score (nSPS) is 10.6. The summed E-state index contributed by atoms with van der Waals surface area (Å²) in [6.45, 7) is 0.532. The van der Waals surface area contributed by atoms with Gasteiger partial charge in [-0.15, -0.1) is 0 Å². The highest BCUT2D eigenvalue weighted by molar-refractivity contribution is 9.10. The van der Waals surface area contributed by atoms with E-state index in [2.05, 4.69) is 26.2 Å². The predicted octanol–water partition coefficient (Wildman–Crippen LogP) is 5.37. The fourth-order valence-electron chi connectivity index (χ4n) is 1.92. The second-order valence-corrected chi connectivity index (χ2v) is 5.84. The van der Waals surface area contributed by atoms with Crippen LogP contribution in [0.2, 0.25) is 5.02 Å². The maximum atomic E-state index is 5.87. The molecule has 1 N–H and O–H groups in total. The Labute approximate surface area is 136 Å². The Morgan fingerprint density at radius 3 is 2.71 bits per heavy atom. The van der Waals surface area contributed by atoms with Crippen molar-refractivity contribution < 1.29 is 4.42 Å². The SMILES string of the molecule is Clc1ccc(-c2cnc(CNc3cccc(Br)c3)o2)cc1. The van der Waals surface area contributed by atoms with Crippen LogP contribution < -0.4 is 5.32 Å². The van der Waals surface area contributed by atoms with Gasteiger partial charge in [-0.2, -0.15) is 0 Å². The van der Waals surface area contributed by atoms with Crippen LogP contribution in [0.5, 0.6) is 0 Å². The lowest BCUT2D eigenvalue weighted by molar-refractivity contribution is 0.516. The number of hydrogen-bond acceptors (Lipinski definition) is 3. The molecule has 0 aliphatic heterocycles. The fraction of sp³-hybridized carbons (Fsp3) is 0.0625. The van der Waals surface area contributed by atoms with Crippen molar-refractivity contribution in [2.45, 2.75) is 6.54 Å². The fourth-order valence-corrected chi connectivity index (χ4v) is 2.44. The third kappa shape index (κ3) is 3.65. The molecule has 0 fully saturated rings. The van der Waals surface area contributed by atoms with Gasteiger partial charge in [-0.3, -0.25) is 0 Å². The Morgan fingerprint density at radius 2 is 1.95 bits per heavy atom. The molecule has 1 heterocycles. The number of nitrogens with zero attached hydrogens (tertiary/aromatic N) is 1. The minimum absolute atomic E-state index is 0.532. The van der Waals surface area contributed by atoms with Crippen molar-refractivity contribution in [1.82, 2.24) is 4.98 Å². The van der Waals surface area contributed by atoms with E-state index in [1.807, 2.05) is 48.5 Å². The van der Waals surface area contributed by atoms with Gasteiger partial charge >= 0.3 is 0 Å². The molecule has 3 rings (SSSR count). The lowest BCUT2D eigenvalue weighted by Crippen LogP contribution is -1.99. The van der Waals surface area contributed by atoms with Gasteiger partial charge in [0.2, 0.25) is 5.89 Å². The number of oxazole rings is 1.